The number of ether oxygens (including phenoxy) is 3. The SMILES string of the molecule is COC(=O)c1cccc(Nc2cc3cc(-c4cnc(OC)c(OC)c4)ccn3n2)n1. The number of hydrogen-bond acceptors (Lipinski definition) is 8. The largest absolute Gasteiger partial charge is 0.491 e. The van der Waals surface area contributed by atoms with Crippen LogP contribution in [-0.4, -0.2) is 46.9 Å². The van der Waals surface area contributed by atoms with E-state index in [1.807, 2.05) is 30.5 Å². The first-order valence-corrected chi connectivity index (χ1v) is 9.01. The number of methoxy groups -OCH3 is 3. The lowest BCUT2D eigenvalue weighted by atomic mass is 10.1. The Morgan fingerprint density at radius 1 is 1.00 bits per heavy atom. The Labute approximate surface area is 172 Å². The Kier molecular flexibility index (Phi) is 5.17. The van der Waals surface area contributed by atoms with E-state index >= 15 is 0 Å². The molecule has 4 aromatic rings. The van der Waals surface area contributed by atoms with Crippen molar-refractivity contribution in [3.8, 4) is 22.8 Å². The Hall–Kier alpha value is -4.14. The van der Waals surface area contributed by atoms with Crippen molar-refractivity contribution in [2.24, 2.45) is 0 Å². The molecule has 4 aromatic heterocycles. The van der Waals surface area contributed by atoms with Crippen molar-refractivity contribution in [2.75, 3.05) is 26.6 Å². The van der Waals surface area contributed by atoms with Gasteiger partial charge in [-0.3, -0.25) is 0 Å². The van der Waals surface area contributed by atoms with Crippen molar-refractivity contribution < 1.29 is 19.0 Å². The maximum Gasteiger partial charge on any atom is 0.356 e. The predicted octanol–water partition coefficient (Wildman–Crippen LogP) is 3.34. The van der Waals surface area contributed by atoms with Gasteiger partial charge in [0.15, 0.2) is 17.3 Å². The molecule has 0 saturated carbocycles. The molecule has 9 nitrogen and oxygen atoms in total. The molecule has 0 unspecified atom stereocenters. The summed E-state index contributed by atoms with van der Waals surface area (Å²) in [5.41, 5.74) is 2.93. The lowest BCUT2D eigenvalue weighted by Crippen LogP contribution is -2.05. The average molecular weight is 405 g/mol. The summed E-state index contributed by atoms with van der Waals surface area (Å²) in [6.07, 6.45) is 3.58. The molecule has 1 N–H and O–H groups in total. The summed E-state index contributed by atoms with van der Waals surface area (Å²) in [6, 6.07) is 12.7. The van der Waals surface area contributed by atoms with Crippen molar-refractivity contribution >= 4 is 23.1 Å². The van der Waals surface area contributed by atoms with Crippen molar-refractivity contribution in [1.82, 2.24) is 19.6 Å². The maximum absolute atomic E-state index is 11.7. The molecular weight excluding hydrogens is 386 g/mol. The van der Waals surface area contributed by atoms with Gasteiger partial charge in [0.25, 0.3) is 5.88 Å². The van der Waals surface area contributed by atoms with Gasteiger partial charge in [-0.25, -0.2) is 19.3 Å². The summed E-state index contributed by atoms with van der Waals surface area (Å²) in [6.45, 7) is 0. The molecule has 0 amide bonds. The molecule has 30 heavy (non-hydrogen) atoms. The topological polar surface area (TPSA) is 99.9 Å². The van der Waals surface area contributed by atoms with Crippen LogP contribution < -0.4 is 14.8 Å². The number of carbonyl (C=O) groups excluding carboxylic acids is 1. The number of rotatable bonds is 6. The van der Waals surface area contributed by atoms with Crippen LogP contribution in [0, 0.1) is 0 Å². The number of nitrogens with one attached hydrogen (secondary N) is 1. The second kappa shape index (κ2) is 8.08. The van der Waals surface area contributed by atoms with Crippen molar-refractivity contribution in [2.45, 2.75) is 0 Å². The summed E-state index contributed by atoms with van der Waals surface area (Å²) in [5.74, 6) is 1.57. The minimum atomic E-state index is -0.498. The molecule has 0 aromatic carbocycles. The standard InChI is InChI=1S/C21H19N5O4/c1-28-17-10-14(12-22-20(17)29-2)13-7-8-26-15(9-13)11-19(25-26)24-18-6-4-5-16(23-18)21(27)30-3/h4-12H,1-3H3,(H,23,24,25). The van der Waals surface area contributed by atoms with Crippen LogP contribution in [0.2, 0.25) is 0 Å². The molecular formula is C21H19N5O4. The van der Waals surface area contributed by atoms with Gasteiger partial charge in [0, 0.05) is 24.0 Å². The van der Waals surface area contributed by atoms with Gasteiger partial charge in [0.2, 0.25) is 0 Å². The molecule has 0 spiro atoms. The fourth-order valence-electron chi connectivity index (χ4n) is 2.98. The first-order valence-electron chi connectivity index (χ1n) is 9.01. The second-order valence-electron chi connectivity index (χ2n) is 6.27. The lowest BCUT2D eigenvalue weighted by molar-refractivity contribution is 0.0594. The fourth-order valence-corrected chi connectivity index (χ4v) is 2.98. The zero-order chi connectivity index (χ0) is 21.1. The number of fused-ring (bicyclic) bond motifs is 1. The summed E-state index contributed by atoms with van der Waals surface area (Å²) >= 11 is 0. The van der Waals surface area contributed by atoms with E-state index in [2.05, 4.69) is 20.4 Å². The maximum atomic E-state index is 11.7. The molecule has 152 valence electrons. The number of pyridine rings is 3. The highest BCUT2D eigenvalue weighted by molar-refractivity contribution is 5.87. The molecule has 0 fully saturated rings. The van der Waals surface area contributed by atoms with Crippen LogP contribution in [0.4, 0.5) is 11.6 Å². The summed E-state index contributed by atoms with van der Waals surface area (Å²) in [4.78, 5) is 20.2. The fraction of sp³-hybridized carbons (Fsp3) is 0.143. The molecule has 0 bridgehead atoms. The van der Waals surface area contributed by atoms with E-state index in [0.717, 1.165) is 16.6 Å². The number of aromatic nitrogens is 4. The smallest absolute Gasteiger partial charge is 0.356 e. The molecule has 4 heterocycles. The van der Waals surface area contributed by atoms with Crippen LogP contribution in [0.5, 0.6) is 11.6 Å². The number of anilines is 2. The summed E-state index contributed by atoms with van der Waals surface area (Å²) in [5, 5.41) is 7.59. The summed E-state index contributed by atoms with van der Waals surface area (Å²) < 4.78 is 17.0. The van der Waals surface area contributed by atoms with Gasteiger partial charge in [0.1, 0.15) is 5.82 Å². The van der Waals surface area contributed by atoms with Crippen molar-refractivity contribution in [1.29, 1.82) is 0 Å². The molecule has 4 rings (SSSR count). The van der Waals surface area contributed by atoms with Gasteiger partial charge < -0.3 is 19.5 Å². The second-order valence-corrected chi connectivity index (χ2v) is 6.27. The van der Waals surface area contributed by atoms with Crippen LogP contribution in [0.15, 0.2) is 54.9 Å². The first kappa shape index (κ1) is 19.2. The first-order chi connectivity index (χ1) is 14.6. The van der Waals surface area contributed by atoms with Crippen molar-refractivity contribution in [3.63, 3.8) is 0 Å². The van der Waals surface area contributed by atoms with E-state index in [-0.39, 0.29) is 5.69 Å². The van der Waals surface area contributed by atoms with Crippen LogP contribution >= 0.6 is 0 Å². The zero-order valence-corrected chi connectivity index (χ0v) is 16.6. The molecule has 0 atom stereocenters. The quantitative estimate of drug-likeness (QED) is 0.488. The molecule has 0 aliphatic heterocycles. The van der Waals surface area contributed by atoms with Crippen LogP contribution in [0.25, 0.3) is 16.6 Å². The van der Waals surface area contributed by atoms with Crippen LogP contribution in [-0.2, 0) is 4.74 Å². The summed E-state index contributed by atoms with van der Waals surface area (Å²) in [7, 11) is 4.44. The van der Waals surface area contributed by atoms with Gasteiger partial charge in [-0.15, -0.1) is 0 Å². The molecule has 0 radical (unpaired) electrons. The van der Waals surface area contributed by atoms with E-state index < -0.39 is 5.97 Å². The lowest BCUT2D eigenvalue weighted by Gasteiger charge is -2.08. The Bertz CT molecular complexity index is 1220. The highest BCUT2D eigenvalue weighted by Crippen LogP contribution is 2.30. The number of nitrogens with zero attached hydrogens (tertiary/aromatic N) is 4. The number of hydrogen-bond donors (Lipinski definition) is 1. The van der Waals surface area contributed by atoms with Gasteiger partial charge in [-0.1, -0.05) is 6.07 Å². The predicted molar refractivity (Wildman–Crippen MR) is 110 cm³/mol. The molecule has 0 aliphatic carbocycles. The normalized spacial score (nSPS) is 10.6. The van der Waals surface area contributed by atoms with E-state index in [1.165, 1.54) is 7.11 Å². The number of carbonyl (C=O) groups is 1. The Morgan fingerprint density at radius 2 is 1.87 bits per heavy atom. The average Bonchev–Trinajstić information content (AvgIpc) is 3.19. The van der Waals surface area contributed by atoms with E-state index in [1.54, 1.807) is 43.1 Å². The Morgan fingerprint density at radius 3 is 2.63 bits per heavy atom. The highest BCUT2D eigenvalue weighted by atomic mass is 16.5. The molecule has 0 saturated heterocycles. The van der Waals surface area contributed by atoms with E-state index in [4.69, 9.17) is 14.2 Å². The third-order valence-electron chi connectivity index (χ3n) is 4.43. The van der Waals surface area contributed by atoms with Gasteiger partial charge in [-0.05, 0) is 35.9 Å². The molecule has 9 heteroatoms. The van der Waals surface area contributed by atoms with E-state index in [9.17, 15) is 4.79 Å². The number of esters is 1. The van der Waals surface area contributed by atoms with Crippen LogP contribution in [0.1, 0.15) is 10.5 Å². The van der Waals surface area contributed by atoms with Gasteiger partial charge >= 0.3 is 5.97 Å². The minimum Gasteiger partial charge on any atom is -0.491 e. The monoisotopic (exact) mass is 405 g/mol. The zero-order valence-electron chi connectivity index (χ0n) is 16.6. The third kappa shape index (κ3) is 3.72. The van der Waals surface area contributed by atoms with E-state index in [0.29, 0.717) is 23.3 Å². The minimum absolute atomic E-state index is 0.217. The van der Waals surface area contributed by atoms with Gasteiger partial charge in [0.05, 0.1) is 26.8 Å². The molecule has 0 aliphatic rings. The van der Waals surface area contributed by atoms with Gasteiger partial charge in [-0.2, -0.15) is 5.10 Å². The Balaban J connectivity index is 1.62. The third-order valence-corrected chi connectivity index (χ3v) is 4.43. The van der Waals surface area contributed by atoms with Crippen LogP contribution in [0.3, 0.4) is 0 Å². The van der Waals surface area contributed by atoms with Crippen molar-refractivity contribution in [3.05, 3.63) is 60.6 Å². The highest BCUT2D eigenvalue weighted by Gasteiger charge is 2.11.